The number of benzene rings is 1. The van der Waals surface area contributed by atoms with E-state index >= 15 is 0 Å². The minimum absolute atomic E-state index is 0.141. The minimum atomic E-state index is -0.282. The van der Waals surface area contributed by atoms with Gasteiger partial charge in [-0.1, -0.05) is 17.4 Å². The second-order valence-electron chi connectivity index (χ2n) is 6.99. The van der Waals surface area contributed by atoms with Crippen LogP contribution in [-0.2, 0) is 7.05 Å². The topological polar surface area (TPSA) is 110 Å². The Balaban J connectivity index is 1.50. The first-order valence-electron chi connectivity index (χ1n) is 9.20. The summed E-state index contributed by atoms with van der Waals surface area (Å²) in [5, 5.41) is 25.2. The summed E-state index contributed by atoms with van der Waals surface area (Å²) in [6.45, 7) is 5.58. The summed E-state index contributed by atoms with van der Waals surface area (Å²) < 4.78 is 3.44. The highest BCUT2D eigenvalue weighted by atomic mass is 32.1. The van der Waals surface area contributed by atoms with Gasteiger partial charge in [0, 0.05) is 24.4 Å². The van der Waals surface area contributed by atoms with Crippen molar-refractivity contribution >= 4 is 33.9 Å². The van der Waals surface area contributed by atoms with Crippen LogP contribution < -0.4 is 10.6 Å². The summed E-state index contributed by atoms with van der Waals surface area (Å²) in [6, 6.07) is 3.38. The van der Waals surface area contributed by atoms with E-state index in [2.05, 4.69) is 25.8 Å². The molecule has 10 heteroatoms. The number of thiazole rings is 1. The Morgan fingerprint density at radius 3 is 2.67 bits per heavy atom. The molecule has 3 aromatic heterocycles. The second kappa shape index (κ2) is 7.64. The molecule has 0 radical (unpaired) electrons. The zero-order chi connectivity index (χ0) is 21.4. The first-order valence-corrected chi connectivity index (χ1v) is 10.0. The fourth-order valence-electron chi connectivity index (χ4n) is 2.98. The third-order valence-corrected chi connectivity index (χ3v) is 5.60. The number of hydrogen-bond acceptors (Lipinski definition) is 7. The average molecular weight is 424 g/mol. The van der Waals surface area contributed by atoms with Crippen molar-refractivity contribution in [2.75, 3.05) is 10.6 Å². The molecule has 0 aliphatic heterocycles. The van der Waals surface area contributed by atoms with Crippen molar-refractivity contribution in [3.05, 3.63) is 58.5 Å². The van der Waals surface area contributed by atoms with Gasteiger partial charge < -0.3 is 15.7 Å². The Kier molecular flexibility index (Phi) is 5.00. The molecule has 9 nitrogen and oxygen atoms in total. The Hall–Kier alpha value is -3.66. The molecule has 1 amide bonds. The summed E-state index contributed by atoms with van der Waals surface area (Å²) in [5.41, 5.74) is 3.89. The largest absolute Gasteiger partial charge is 0.508 e. The molecule has 0 atom stereocenters. The van der Waals surface area contributed by atoms with Gasteiger partial charge in [0.25, 0.3) is 5.91 Å². The van der Waals surface area contributed by atoms with Gasteiger partial charge in [-0.3, -0.25) is 9.48 Å². The molecular weight excluding hydrogens is 402 g/mol. The Morgan fingerprint density at radius 2 is 1.93 bits per heavy atom. The zero-order valence-electron chi connectivity index (χ0n) is 17.0. The molecule has 0 aliphatic carbocycles. The fourth-order valence-corrected chi connectivity index (χ4v) is 3.69. The minimum Gasteiger partial charge on any atom is -0.508 e. The predicted molar refractivity (Wildman–Crippen MR) is 116 cm³/mol. The number of anilines is 3. The number of aromatic nitrogens is 5. The third kappa shape index (κ3) is 3.77. The van der Waals surface area contributed by atoms with E-state index in [1.807, 2.05) is 33.3 Å². The van der Waals surface area contributed by atoms with E-state index in [0.717, 1.165) is 16.8 Å². The van der Waals surface area contributed by atoms with Gasteiger partial charge in [0.15, 0.2) is 10.9 Å². The number of rotatable bonds is 5. The molecular formula is C20H21N7O2S. The van der Waals surface area contributed by atoms with Crippen LogP contribution in [0.1, 0.15) is 26.4 Å². The lowest BCUT2D eigenvalue weighted by atomic mass is 10.1. The maximum atomic E-state index is 12.7. The highest BCUT2D eigenvalue weighted by Gasteiger charge is 2.16. The first-order chi connectivity index (χ1) is 14.3. The summed E-state index contributed by atoms with van der Waals surface area (Å²) in [6.07, 6.45) is 7.01. The number of aromatic hydroxyl groups is 1. The van der Waals surface area contributed by atoms with Crippen molar-refractivity contribution in [3.8, 4) is 11.4 Å². The molecule has 0 spiro atoms. The molecule has 4 rings (SSSR count). The number of phenols is 1. The molecule has 4 aromatic rings. The molecule has 1 aromatic carbocycles. The van der Waals surface area contributed by atoms with Gasteiger partial charge in [0.05, 0.1) is 24.3 Å². The SMILES string of the molecule is Cc1cn(-c2cnn(C)c2)nc1Nc1ncc(C(=O)Nc2c(C)ccc(O)c2C)s1. The smallest absolute Gasteiger partial charge is 0.267 e. The number of hydrogen-bond donors (Lipinski definition) is 3. The van der Waals surface area contributed by atoms with Crippen LogP contribution in [0.15, 0.2) is 36.9 Å². The maximum absolute atomic E-state index is 12.7. The van der Waals surface area contributed by atoms with Crippen molar-refractivity contribution in [1.82, 2.24) is 24.5 Å². The Bertz CT molecular complexity index is 1240. The van der Waals surface area contributed by atoms with Crippen molar-refractivity contribution < 1.29 is 9.90 Å². The quantitative estimate of drug-likeness (QED) is 0.452. The van der Waals surface area contributed by atoms with Crippen LogP contribution in [0.5, 0.6) is 5.75 Å². The Morgan fingerprint density at radius 1 is 1.13 bits per heavy atom. The van der Waals surface area contributed by atoms with E-state index in [-0.39, 0.29) is 11.7 Å². The lowest BCUT2D eigenvalue weighted by molar-refractivity contribution is 0.103. The van der Waals surface area contributed by atoms with Crippen molar-refractivity contribution in [1.29, 1.82) is 0 Å². The van der Waals surface area contributed by atoms with Crippen LogP contribution in [-0.4, -0.2) is 35.6 Å². The van der Waals surface area contributed by atoms with Crippen LogP contribution in [0.4, 0.5) is 16.6 Å². The molecule has 0 saturated carbocycles. The molecule has 154 valence electrons. The van der Waals surface area contributed by atoms with Gasteiger partial charge in [-0.25, -0.2) is 9.67 Å². The summed E-state index contributed by atoms with van der Waals surface area (Å²) in [4.78, 5) is 17.4. The van der Waals surface area contributed by atoms with Crippen LogP contribution in [0, 0.1) is 20.8 Å². The van der Waals surface area contributed by atoms with Gasteiger partial charge in [0.2, 0.25) is 0 Å². The van der Waals surface area contributed by atoms with E-state index < -0.39 is 0 Å². The van der Waals surface area contributed by atoms with Crippen molar-refractivity contribution in [2.24, 2.45) is 7.05 Å². The Labute approximate surface area is 177 Å². The van der Waals surface area contributed by atoms with E-state index in [9.17, 15) is 9.90 Å². The van der Waals surface area contributed by atoms with Gasteiger partial charge in [-0.2, -0.15) is 5.10 Å². The number of amides is 1. The molecule has 3 heterocycles. The number of nitrogens with one attached hydrogen (secondary N) is 2. The molecule has 0 saturated heterocycles. The van der Waals surface area contributed by atoms with Crippen LogP contribution >= 0.6 is 11.3 Å². The van der Waals surface area contributed by atoms with Gasteiger partial charge >= 0.3 is 0 Å². The van der Waals surface area contributed by atoms with E-state index in [4.69, 9.17) is 0 Å². The number of carbonyl (C=O) groups is 1. The monoisotopic (exact) mass is 423 g/mol. The van der Waals surface area contributed by atoms with Gasteiger partial charge in [0.1, 0.15) is 16.3 Å². The van der Waals surface area contributed by atoms with Crippen LogP contribution in [0.2, 0.25) is 0 Å². The molecule has 0 bridgehead atoms. The molecule has 0 fully saturated rings. The summed E-state index contributed by atoms with van der Waals surface area (Å²) >= 11 is 1.23. The zero-order valence-corrected chi connectivity index (χ0v) is 17.8. The molecule has 3 N–H and O–H groups in total. The molecule has 30 heavy (non-hydrogen) atoms. The van der Waals surface area contributed by atoms with Gasteiger partial charge in [-0.05, 0) is 32.4 Å². The molecule has 0 aliphatic rings. The van der Waals surface area contributed by atoms with Crippen molar-refractivity contribution in [2.45, 2.75) is 20.8 Å². The van der Waals surface area contributed by atoms with Crippen LogP contribution in [0.3, 0.4) is 0 Å². The van der Waals surface area contributed by atoms with Crippen molar-refractivity contribution in [3.63, 3.8) is 0 Å². The van der Waals surface area contributed by atoms with E-state index in [1.165, 1.54) is 17.5 Å². The maximum Gasteiger partial charge on any atom is 0.267 e. The lowest BCUT2D eigenvalue weighted by Crippen LogP contribution is -2.12. The predicted octanol–water partition coefficient (Wildman–Crippen LogP) is 3.69. The number of carbonyl (C=O) groups excluding carboxylic acids is 1. The number of phenolic OH excluding ortho intramolecular Hbond substituents is 1. The summed E-state index contributed by atoms with van der Waals surface area (Å²) in [5.74, 6) is 0.511. The third-order valence-electron chi connectivity index (χ3n) is 4.69. The van der Waals surface area contributed by atoms with E-state index in [1.54, 1.807) is 34.6 Å². The fraction of sp³-hybridized carbons (Fsp3) is 0.200. The highest BCUT2D eigenvalue weighted by molar-refractivity contribution is 7.17. The van der Waals surface area contributed by atoms with Gasteiger partial charge in [-0.15, -0.1) is 5.10 Å². The normalized spacial score (nSPS) is 10.9. The number of aryl methyl sites for hydroxylation is 3. The lowest BCUT2D eigenvalue weighted by Gasteiger charge is -2.11. The summed E-state index contributed by atoms with van der Waals surface area (Å²) in [7, 11) is 1.85. The average Bonchev–Trinajstić information content (AvgIpc) is 3.43. The van der Waals surface area contributed by atoms with Crippen LogP contribution in [0.25, 0.3) is 5.69 Å². The van der Waals surface area contributed by atoms with E-state index in [0.29, 0.717) is 27.1 Å². The first kappa shape index (κ1) is 19.6. The molecule has 0 unspecified atom stereocenters. The second-order valence-corrected chi connectivity index (χ2v) is 8.02. The standard InChI is InChI=1S/C20H21N7O2S/c1-11-5-6-15(28)13(3)17(11)23-19(29)16-8-21-20(30-16)24-18-12(2)9-27(25-18)14-7-22-26(4)10-14/h5-10,28H,1-4H3,(H,23,29)(H,21,24,25). The number of nitrogens with zero attached hydrogens (tertiary/aromatic N) is 5. The highest BCUT2D eigenvalue weighted by Crippen LogP contribution is 2.30.